The average Bonchev–Trinajstić information content (AvgIpc) is 2.85. The van der Waals surface area contributed by atoms with Gasteiger partial charge in [-0.05, 0) is 48.2 Å². The van der Waals surface area contributed by atoms with Gasteiger partial charge in [0.25, 0.3) is 0 Å². The van der Waals surface area contributed by atoms with Gasteiger partial charge in [-0.3, -0.25) is 4.79 Å². The van der Waals surface area contributed by atoms with Gasteiger partial charge in [0, 0.05) is 26.2 Å². The van der Waals surface area contributed by atoms with Crippen molar-refractivity contribution in [3.05, 3.63) is 102 Å². The molecule has 1 atom stereocenters. The summed E-state index contributed by atoms with van der Waals surface area (Å²) < 4.78 is 40.8. The minimum Gasteiger partial charge on any atom is -0.334 e. The Bertz CT molecular complexity index is 1130. The molecule has 0 saturated carbocycles. The van der Waals surface area contributed by atoms with Crippen molar-refractivity contribution in [1.82, 2.24) is 9.21 Å². The fourth-order valence-electron chi connectivity index (χ4n) is 4.20. The van der Waals surface area contributed by atoms with Crippen molar-refractivity contribution in [3.8, 4) is 0 Å². The first kappa shape index (κ1) is 23.1. The molecule has 0 N–H and O–H groups in total. The molecule has 0 unspecified atom stereocenters. The van der Waals surface area contributed by atoms with Crippen LogP contribution in [0.5, 0.6) is 0 Å². The number of carbonyl (C=O) groups is 1. The van der Waals surface area contributed by atoms with Crippen LogP contribution >= 0.6 is 0 Å². The second kappa shape index (κ2) is 10.3. The first-order valence-electron chi connectivity index (χ1n) is 11.1. The molecule has 1 aliphatic rings. The van der Waals surface area contributed by atoms with Crippen LogP contribution in [0.15, 0.2) is 89.8 Å². The number of carbonyl (C=O) groups excluding carboxylic acids is 1. The number of hydrogen-bond acceptors (Lipinski definition) is 3. The van der Waals surface area contributed by atoms with Crippen LogP contribution < -0.4 is 0 Å². The number of benzene rings is 3. The summed E-state index contributed by atoms with van der Waals surface area (Å²) >= 11 is 0. The fourth-order valence-corrected chi connectivity index (χ4v) is 5.72. The molecule has 0 spiro atoms. The van der Waals surface area contributed by atoms with Crippen LogP contribution in [0.3, 0.4) is 0 Å². The second-order valence-corrected chi connectivity index (χ2v) is 10.3. The number of sulfonamides is 1. The van der Waals surface area contributed by atoms with Crippen molar-refractivity contribution in [1.29, 1.82) is 0 Å². The maximum Gasteiger partial charge on any atom is 0.243 e. The number of nitrogens with zero attached hydrogens (tertiary/aromatic N) is 2. The van der Waals surface area contributed by atoms with E-state index in [0.29, 0.717) is 32.5 Å². The smallest absolute Gasteiger partial charge is 0.243 e. The molecule has 0 radical (unpaired) electrons. The predicted molar refractivity (Wildman–Crippen MR) is 125 cm³/mol. The van der Waals surface area contributed by atoms with Gasteiger partial charge < -0.3 is 4.90 Å². The second-order valence-electron chi connectivity index (χ2n) is 8.32. The molecule has 33 heavy (non-hydrogen) atoms. The Morgan fingerprint density at radius 3 is 1.97 bits per heavy atom. The van der Waals surface area contributed by atoms with Crippen molar-refractivity contribution in [2.45, 2.75) is 30.8 Å². The Hall–Kier alpha value is -3.03. The average molecular weight is 467 g/mol. The van der Waals surface area contributed by atoms with Gasteiger partial charge >= 0.3 is 0 Å². The minimum atomic E-state index is -3.79. The molecule has 3 aromatic carbocycles. The van der Waals surface area contributed by atoms with Crippen molar-refractivity contribution in [2.75, 3.05) is 13.1 Å². The molecule has 3 aromatic rings. The van der Waals surface area contributed by atoms with E-state index in [9.17, 15) is 17.6 Å². The number of rotatable bonds is 7. The van der Waals surface area contributed by atoms with E-state index in [2.05, 4.69) is 0 Å². The van der Waals surface area contributed by atoms with Gasteiger partial charge in [0.1, 0.15) is 5.82 Å². The van der Waals surface area contributed by atoms with E-state index in [4.69, 9.17) is 0 Å². The summed E-state index contributed by atoms with van der Waals surface area (Å²) in [6.07, 6.45) is 1.23. The summed E-state index contributed by atoms with van der Waals surface area (Å²) in [5.41, 5.74) is 2.04. The van der Waals surface area contributed by atoms with E-state index in [0.717, 1.165) is 23.3 Å². The molecule has 1 heterocycles. The van der Waals surface area contributed by atoms with E-state index in [1.807, 2.05) is 65.6 Å². The highest BCUT2D eigenvalue weighted by Gasteiger charge is 2.35. The van der Waals surface area contributed by atoms with Crippen LogP contribution in [-0.2, 0) is 27.9 Å². The third kappa shape index (κ3) is 5.67. The molecule has 0 aromatic heterocycles. The quantitative estimate of drug-likeness (QED) is 0.517. The van der Waals surface area contributed by atoms with Crippen molar-refractivity contribution in [3.63, 3.8) is 0 Å². The van der Waals surface area contributed by atoms with E-state index >= 15 is 0 Å². The fraction of sp³-hybridized carbons (Fsp3) is 0.269. The minimum absolute atomic E-state index is 0.0439. The van der Waals surface area contributed by atoms with Gasteiger partial charge in [-0.1, -0.05) is 60.7 Å². The third-order valence-corrected chi connectivity index (χ3v) is 7.81. The maximum atomic E-state index is 13.6. The SMILES string of the molecule is O=C([C@H]1CCCN(S(=O)(=O)c2ccc(F)cc2)C1)N(Cc1ccccc1)Cc1ccccc1. The van der Waals surface area contributed by atoms with Gasteiger partial charge in [0.15, 0.2) is 0 Å². The van der Waals surface area contributed by atoms with E-state index in [-0.39, 0.29) is 17.3 Å². The van der Waals surface area contributed by atoms with Crippen molar-refractivity contribution >= 4 is 15.9 Å². The van der Waals surface area contributed by atoms with Crippen molar-refractivity contribution in [2.24, 2.45) is 5.92 Å². The summed E-state index contributed by atoms with van der Waals surface area (Å²) in [4.78, 5) is 15.5. The lowest BCUT2D eigenvalue weighted by Gasteiger charge is -2.34. The Morgan fingerprint density at radius 1 is 0.879 bits per heavy atom. The first-order valence-corrected chi connectivity index (χ1v) is 12.5. The molecule has 172 valence electrons. The molecule has 0 aliphatic carbocycles. The Balaban J connectivity index is 1.54. The van der Waals surface area contributed by atoms with Crippen LogP contribution in [0.1, 0.15) is 24.0 Å². The lowest BCUT2D eigenvalue weighted by molar-refractivity contribution is -0.138. The lowest BCUT2D eigenvalue weighted by atomic mass is 9.97. The summed E-state index contributed by atoms with van der Waals surface area (Å²) in [6.45, 7) is 1.38. The van der Waals surface area contributed by atoms with E-state index < -0.39 is 21.8 Å². The number of hydrogen-bond donors (Lipinski definition) is 0. The molecule has 1 amide bonds. The molecule has 4 rings (SSSR count). The normalized spacial score (nSPS) is 16.9. The number of amides is 1. The molecular formula is C26H27FN2O3S. The highest BCUT2D eigenvalue weighted by molar-refractivity contribution is 7.89. The molecule has 1 aliphatic heterocycles. The third-order valence-electron chi connectivity index (χ3n) is 5.93. The molecule has 7 heteroatoms. The summed E-state index contributed by atoms with van der Waals surface area (Å²) in [7, 11) is -3.79. The van der Waals surface area contributed by atoms with E-state index in [1.165, 1.54) is 16.4 Å². The standard InChI is InChI=1S/C26H27FN2O3S/c27-24-13-15-25(16-14-24)33(31,32)29-17-7-12-23(20-29)26(30)28(18-21-8-3-1-4-9-21)19-22-10-5-2-6-11-22/h1-6,8-11,13-16,23H,7,12,17-20H2/t23-/m0/s1. The Labute approximate surface area is 194 Å². The summed E-state index contributed by atoms with van der Waals surface area (Å²) in [6, 6.07) is 24.4. The molecule has 1 fully saturated rings. The molecule has 1 saturated heterocycles. The van der Waals surface area contributed by atoms with Gasteiger partial charge in [0.2, 0.25) is 15.9 Å². The van der Waals surface area contributed by atoms with Crippen LogP contribution in [0.25, 0.3) is 0 Å². The Morgan fingerprint density at radius 2 is 1.42 bits per heavy atom. The van der Waals surface area contributed by atoms with Crippen LogP contribution in [-0.4, -0.2) is 36.6 Å². The topological polar surface area (TPSA) is 57.7 Å². The highest BCUT2D eigenvalue weighted by atomic mass is 32.2. The van der Waals surface area contributed by atoms with Crippen LogP contribution in [0.2, 0.25) is 0 Å². The van der Waals surface area contributed by atoms with Gasteiger partial charge in [-0.2, -0.15) is 4.31 Å². The van der Waals surface area contributed by atoms with Crippen molar-refractivity contribution < 1.29 is 17.6 Å². The largest absolute Gasteiger partial charge is 0.334 e. The monoisotopic (exact) mass is 466 g/mol. The first-order chi connectivity index (χ1) is 15.9. The maximum absolute atomic E-state index is 13.6. The number of halogens is 1. The number of piperidine rings is 1. The molecular weight excluding hydrogens is 439 g/mol. The zero-order valence-corrected chi connectivity index (χ0v) is 19.1. The lowest BCUT2D eigenvalue weighted by Crippen LogP contribution is -2.46. The molecule has 0 bridgehead atoms. The van der Waals surface area contributed by atoms with Crippen LogP contribution in [0, 0.1) is 11.7 Å². The zero-order valence-electron chi connectivity index (χ0n) is 18.3. The zero-order chi connectivity index (χ0) is 23.3. The van der Waals surface area contributed by atoms with Gasteiger partial charge in [-0.25, -0.2) is 12.8 Å². The predicted octanol–water partition coefficient (Wildman–Crippen LogP) is 4.46. The van der Waals surface area contributed by atoms with Crippen LogP contribution in [0.4, 0.5) is 4.39 Å². The Kier molecular flexibility index (Phi) is 7.20. The van der Waals surface area contributed by atoms with Gasteiger partial charge in [-0.15, -0.1) is 0 Å². The van der Waals surface area contributed by atoms with E-state index in [1.54, 1.807) is 0 Å². The summed E-state index contributed by atoms with van der Waals surface area (Å²) in [5.74, 6) is -0.971. The van der Waals surface area contributed by atoms with Gasteiger partial charge in [0.05, 0.1) is 10.8 Å². The molecule has 5 nitrogen and oxygen atoms in total. The summed E-state index contributed by atoms with van der Waals surface area (Å²) in [5, 5.41) is 0. The highest BCUT2D eigenvalue weighted by Crippen LogP contribution is 2.26.